The van der Waals surface area contributed by atoms with E-state index in [2.05, 4.69) is 9.88 Å². The first-order valence-corrected chi connectivity index (χ1v) is 8.88. The SMILES string of the molecule is OC1(c2ccccn2)[C@@H]2CCC[C@@H]1CN(Cc1cccc(F)c1F)C2. The summed E-state index contributed by atoms with van der Waals surface area (Å²) in [5, 5.41) is 11.5. The highest BCUT2D eigenvalue weighted by molar-refractivity contribution is 5.22. The molecule has 2 bridgehead atoms. The van der Waals surface area contributed by atoms with Gasteiger partial charge < -0.3 is 5.11 Å². The van der Waals surface area contributed by atoms with Crippen LogP contribution in [0.15, 0.2) is 42.6 Å². The second-order valence-electron chi connectivity index (χ2n) is 7.27. The van der Waals surface area contributed by atoms with Crippen molar-refractivity contribution in [3.63, 3.8) is 0 Å². The van der Waals surface area contributed by atoms with Crippen LogP contribution in [0.4, 0.5) is 8.78 Å². The van der Waals surface area contributed by atoms with Crippen LogP contribution in [0.5, 0.6) is 0 Å². The van der Waals surface area contributed by atoms with Gasteiger partial charge in [-0.25, -0.2) is 8.78 Å². The molecule has 0 unspecified atom stereocenters. The van der Waals surface area contributed by atoms with Crippen molar-refractivity contribution < 1.29 is 13.9 Å². The van der Waals surface area contributed by atoms with E-state index in [9.17, 15) is 13.9 Å². The average molecular weight is 344 g/mol. The minimum atomic E-state index is -0.920. The van der Waals surface area contributed by atoms with Gasteiger partial charge in [0.1, 0.15) is 5.60 Å². The van der Waals surface area contributed by atoms with Crippen LogP contribution in [-0.2, 0) is 12.1 Å². The molecule has 5 heteroatoms. The Bertz CT molecular complexity index is 739. The van der Waals surface area contributed by atoms with Gasteiger partial charge in [0.05, 0.1) is 5.69 Å². The second kappa shape index (κ2) is 6.46. The Kier molecular flexibility index (Phi) is 4.29. The van der Waals surface area contributed by atoms with Crippen LogP contribution in [0, 0.1) is 23.5 Å². The van der Waals surface area contributed by atoms with Gasteiger partial charge in [0.15, 0.2) is 11.6 Å². The van der Waals surface area contributed by atoms with E-state index in [1.165, 1.54) is 0 Å². The summed E-state index contributed by atoms with van der Waals surface area (Å²) in [4.78, 5) is 6.56. The van der Waals surface area contributed by atoms with Crippen LogP contribution in [0.25, 0.3) is 0 Å². The van der Waals surface area contributed by atoms with Crippen LogP contribution >= 0.6 is 0 Å². The predicted octanol–water partition coefficient (Wildman–Crippen LogP) is 3.48. The normalized spacial score (nSPS) is 29.6. The molecule has 25 heavy (non-hydrogen) atoms. The number of aliphatic hydroxyl groups is 1. The van der Waals surface area contributed by atoms with Gasteiger partial charge >= 0.3 is 0 Å². The fraction of sp³-hybridized carbons (Fsp3) is 0.450. The molecular weight excluding hydrogens is 322 g/mol. The van der Waals surface area contributed by atoms with Crippen LogP contribution in [0.2, 0.25) is 0 Å². The third-order valence-electron chi connectivity index (χ3n) is 5.81. The molecule has 1 aromatic heterocycles. The summed E-state index contributed by atoms with van der Waals surface area (Å²) >= 11 is 0. The van der Waals surface area contributed by atoms with Gasteiger partial charge in [0, 0.05) is 43.2 Å². The Morgan fingerprint density at radius 1 is 1.08 bits per heavy atom. The summed E-state index contributed by atoms with van der Waals surface area (Å²) in [5.74, 6) is -1.45. The average Bonchev–Trinajstić information content (AvgIpc) is 2.60. The Labute approximate surface area is 146 Å². The fourth-order valence-corrected chi connectivity index (χ4v) is 4.60. The number of rotatable bonds is 3. The monoisotopic (exact) mass is 344 g/mol. The molecule has 2 atom stereocenters. The molecule has 3 nitrogen and oxygen atoms in total. The van der Waals surface area contributed by atoms with Crippen LogP contribution < -0.4 is 0 Å². The standard InChI is InChI=1S/C20H22F2N2O/c21-17-8-3-5-14(19(17)22)11-24-12-15-6-4-7-16(13-24)20(15,25)18-9-1-2-10-23-18/h1-3,5,8-10,15-16,25H,4,6-7,11-13H2/t15-,16-/m1/s1. The number of aromatic nitrogens is 1. The van der Waals surface area contributed by atoms with E-state index >= 15 is 0 Å². The van der Waals surface area contributed by atoms with Gasteiger partial charge in [0.2, 0.25) is 0 Å². The van der Waals surface area contributed by atoms with Crippen molar-refractivity contribution in [3.05, 3.63) is 65.5 Å². The molecule has 132 valence electrons. The maximum absolute atomic E-state index is 14.0. The Hall–Kier alpha value is -1.85. The fourth-order valence-electron chi connectivity index (χ4n) is 4.60. The molecule has 0 spiro atoms. The molecule has 0 radical (unpaired) electrons. The second-order valence-corrected chi connectivity index (χ2v) is 7.27. The lowest BCUT2D eigenvalue weighted by Crippen LogP contribution is -2.58. The summed E-state index contributed by atoms with van der Waals surface area (Å²) < 4.78 is 27.5. The maximum atomic E-state index is 14.0. The van der Waals surface area contributed by atoms with Crippen LogP contribution in [-0.4, -0.2) is 28.1 Å². The van der Waals surface area contributed by atoms with Gasteiger partial charge in [-0.3, -0.25) is 9.88 Å². The van der Waals surface area contributed by atoms with Gasteiger partial charge in [-0.2, -0.15) is 0 Å². The Balaban J connectivity index is 1.58. The quantitative estimate of drug-likeness (QED) is 0.926. The van der Waals surface area contributed by atoms with Crippen molar-refractivity contribution in [3.8, 4) is 0 Å². The molecule has 2 aliphatic rings. The number of hydrogen-bond acceptors (Lipinski definition) is 3. The molecule has 1 N–H and O–H groups in total. The molecule has 2 heterocycles. The number of pyridine rings is 1. The smallest absolute Gasteiger partial charge is 0.163 e. The van der Waals surface area contributed by atoms with E-state index in [-0.39, 0.29) is 11.8 Å². The van der Waals surface area contributed by atoms with Crippen molar-refractivity contribution >= 4 is 0 Å². The molecule has 1 aliphatic heterocycles. The van der Waals surface area contributed by atoms with Gasteiger partial charge in [-0.1, -0.05) is 24.6 Å². The molecular formula is C20H22F2N2O. The third-order valence-corrected chi connectivity index (χ3v) is 5.81. The topological polar surface area (TPSA) is 36.4 Å². The molecule has 1 saturated heterocycles. The summed E-state index contributed by atoms with van der Waals surface area (Å²) in [6.07, 6.45) is 4.65. The predicted molar refractivity (Wildman–Crippen MR) is 90.6 cm³/mol. The van der Waals surface area contributed by atoms with E-state index in [0.29, 0.717) is 25.2 Å². The zero-order valence-corrected chi connectivity index (χ0v) is 14.0. The van der Waals surface area contributed by atoms with Crippen molar-refractivity contribution in [1.29, 1.82) is 0 Å². The molecule has 2 aromatic rings. The number of likely N-dealkylation sites (tertiary alicyclic amines) is 1. The highest BCUT2D eigenvalue weighted by Gasteiger charge is 2.52. The van der Waals surface area contributed by atoms with Crippen molar-refractivity contribution in [1.82, 2.24) is 9.88 Å². The summed E-state index contributed by atoms with van der Waals surface area (Å²) in [6.45, 7) is 1.70. The third kappa shape index (κ3) is 2.85. The zero-order valence-electron chi connectivity index (χ0n) is 14.0. The molecule has 1 aromatic carbocycles. The first kappa shape index (κ1) is 16.6. The van der Waals surface area contributed by atoms with E-state index in [1.54, 1.807) is 18.3 Å². The van der Waals surface area contributed by atoms with Crippen LogP contribution in [0.3, 0.4) is 0 Å². The molecule has 0 amide bonds. The van der Waals surface area contributed by atoms with Gasteiger partial charge in [0.25, 0.3) is 0 Å². The largest absolute Gasteiger partial charge is 0.383 e. The first-order valence-electron chi connectivity index (χ1n) is 8.88. The minimum absolute atomic E-state index is 0.0616. The van der Waals surface area contributed by atoms with E-state index in [4.69, 9.17) is 0 Å². The van der Waals surface area contributed by atoms with E-state index < -0.39 is 17.2 Å². The summed E-state index contributed by atoms with van der Waals surface area (Å²) in [6, 6.07) is 9.97. The Morgan fingerprint density at radius 2 is 1.84 bits per heavy atom. The van der Waals surface area contributed by atoms with Crippen molar-refractivity contribution in [2.24, 2.45) is 11.8 Å². The molecule has 1 aliphatic carbocycles. The molecule has 2 fully saturated rings. The number of hydrogen-bond donors (Lipinski definition) is 1. The molecule has 4 rings (SSSR count). The highest BCUT2D eigenvalue weighted by atomic mass is 19.2. The van der Waals surface area contributed by atoms with Gasteiger partial charge in [-0.15, -0.1) is 0 Å². The number of fused-ring (bicyclic) bond motifs is 2. The maximum Gasteiger partial charge on any atom is 0.163 e. The summed E-state index contributed by atoms with van der Waals surface area (Å²) in [5.41, 5.74) is 0.193. The first-order chi connectivity index (χ1) is 12.1. The lowest BCUT2D eigenvalue weighted by molar-refractivity contribution is -0.151. The lowest BCUT2D eigenvalue weighted by atomic mass is 9.64. The highest BCUT2D eigenvalue weighted by Crippen LogP contribution is 2.48. The van der Waals surface area contributed by atoms with Crippen molar-refractivity contribution in [2.45, 2.75) is 31.4 Å². The van der Waals surface area contributed by atoms with E-state index in [1.807, 2.05) is 18.2 Å². The van der Waals surface area contributed by atoms with Crippen molar-refractivity contribution in [2.75, 3.05) is 13.1 Å². The number of piperidine rings is 1. The van der Waals surface area contributed by atoms with E-state index in [0.717, 1.165) is 31.0 Å². The molecule has 1 saturated carbocycles. The van der Waals surface area contributed by atoms with Gasteiger partial charge in [-0.05, 0) is 31.0 Å². The number of halogens is 2. The lowest BCUT2D eigenvalue weighted by Gasteiger charge is -2.52. The zero-order chi connectivity index (χ0) is 17.4. The number of nitrogens with zero attached hydrogens (tertiary/aromatic N) is 2. The van der Waals surface area contributed by atoms with Crippen LogP contribution in [0.1, 0.15) is 30.5 Å². The number of benzene rings is 1. The summed E-state index contributed by atoms with van der Waals surface area (Å²) in [7, 11) is 0. The Morgan fingerprint density at radius 3 is 2.52 bits per heavy atom. The minimum Gasteiger partial charge on any atom is -0.383 e.